The van der Waals surface area contributed by atoms with E-state index < -0.39 is 12.1 Å². The summed E-state index contributed by atoms with van der Waals surface area (Å²) in [6.45, 7) is 20.1. The van der Waals surface area contributed by atoms with Crippen molar-refractivity contribution in [3.8, 4) is 0 Å². The quantitative estimate of drug-likeness (QED) is 0.0188. The van der Waals surface area contributed by atoms with Gasteiger partial charge in [-0.1, -0.05) is 99.6 Å². The molecule has 0 fully saturated rings. The highest BCUT2D eigenvalue weighted by Crippen LogP contribution is 2.31. The van der Waals surface area contributed by atoms with Crippen LogP contribution in [0.15, 0.2) is 41.8 Å². The fourth-order valence-electron chi connectivity index (χ4n) is 7.70. The summed E-state index contributed by atoms with van der Waals surface area (Å²) < 4.78 is 5.71. The van der Waals surface area contributed by atoms with E-state index >= 15 is 0 Å². The van der Waals surface area contributed by atoms with Gasteiger partial charge >= 0.3 is 5.97 Å². The molecule has 19 heteroatoms. The lowest BCUT2D eigenvalue weighted by Crippen LogP contribution is -2.41. The number of ether oxygens (including phenoxy) is 1. The summed E-state index contributed by atoms with van der Waals surface area (Å²) in [5.74, 6) is -1.41. The SMILES string of the molecule is CC.CCCCC(=O)N(C)C(CC(OC(C)=O)c1nc(C(=O)NC(Cc2ccc(NC(=O)CNC(=O)CCCCCN(C)C(=O)/C=C\C=O)cc2)CC(C)C)cs1)C(C)C.CCCCCN.CN(C)CCCCCC(N)=O. The number of nitrogens with two attached hydrogens (primary N) is 2. The number of nitrogens with one attached hydrogen (secondary N) is 3. The number of hydrogen-bond donors (Lipinski definition) is 5. The van der Waals surface area contributed by atoms with Gasteiger partial charge in [-0.25, -0.2) is 4.98 Å². The van der Waals surface area contributed by atoms with Crippen molar-refractivity contribution in [2.45, 2.75) is 190 Å². The van der Waals surface area contributed by atoms with E-state index in [2.05, 4.69) is 46.6 Å². The number of unbranched alkanes of at least 4 members (excludes halogenated alkanes) is 7. The fraction of sp³-hybridized carbons (Fsp3) is 0.672. The Kier molecular flexibility index (Phi) is 43.4. The van der Waals surface area contributed by atoms with Crippen molar-refractivity contribution in [1.29, 1.82) is 0 Å². The fourth-order valence-corrected chi connectivity index (χ4v) is 8.54. The Balaban J connectivity index is 0. The third-order valence-electron chi connectivity index (χ3n) is 11.9. The molecular weight excluding hydrogens is 999 g/mol. The van der Waals surface area contributed by atoms with Crippen molar-refractivity contribution >= 4 is 64.7 Å². The number of nitrogens with zero attached hydrogens (tertiary/aromatic N) is 4. The Morgan fingerprint density at radius 1 is 0.779 bits per heavy atom. The number of primary amides is 1. The van der Waals surface area contributed by atoms with Gasteiger partial charge in [-0.2, -0.15) is 0 Å². The van der Waals surface area contributed by atoms with Crippen LogP contribution in [0.5, 0.6) is 0 Å². The van der Waals surface area contributed by atoms with Gasteiger partial charge in [-0.3, -0.25) is 38.4 Å². The molecule has 0 aliphatic heterocycles. The van der Waals surface area contributed by atoms with Crippen LogP contribution in [0.4, 0.5) is 5.69 Å². The van der Waals surface area contributed by atoms with Crippen LogP contribution < -0.4 is 27.4 Å². The number of esters is 1. The van der Waals surface area contributed by atoms with Crippen LogP contribution in [0.2, 0.25) is 0 Å². The summed E-state index contributed by atoms with van der Waals surface area (Å²) in [5, 5.41) is 10.7. The molecule has 438 valence electrons. The summed E-state index contributed by atoms with van der Waals surface area (Å²) in [7, 11) is 7.54. The lowest BCUT2D eigenvalue weighted by atomic mass is 9.96. The number of anilines is 1. The number of benzene rings is 1. The maximum absolute atomic E-state index is 13.5. The van der Waals surface area contributed by atoms with E-state index in [1.807, 2.05) is 60.8 Å². The second-order valence-electron chi connectivity index (χ2n) is 20.0. The van der Waals surface area contributed by atoms with Gasteiger partial charge in [0.25, 0.3) is 5.91 Å². The lowest BCUT2D eigenvalue weighted by molar-refractivity contribution is -0.148. The Labute approximate surface area is 467 Å². The number of thiazole rings is 1. The molecule has 77 heavy (non-hydrogen) atoms. The monoisotopic (exact) mass is 1100 g/mol. The molecule has 1 aromatic carbocycles. The molecular formula is C58H101N9O9S. The zero-order valence-corrected chi connectivity index (χ0v) is 50.2. The molecule has 3 unspecified atom stereocenters. The first kappa shape index (κ1) is 73.5. The first-order chi connectivity index (χ1) is 36.6. The first-order valence-electron chi connectivity index (χ1n) is 27.9. The number of rotatable bonds is 35. The molecule has 3 atom stereocenters. The standard InChI is InChI=1S/C43H64N6O8S.C8H18N2O.C5H13N.C2H6/c1-9-10-16-41(55)49(8)36(30(4)5)26-37(57-31(6)51)43-47-35(28-58-43)42(56)46-34(24-29(2)3)25-32-18-20-33(21-19-32)45-39(53)27-44-38(52)15-12-11-13-22-48(7)40(54)17-14-23-50;1-10(2)7-5-3-4-6-8(9)11;1-2-3-4-5-6;1-2/h14,17-21,23,28-30,34,36-37H,9-13,15-16,22,24-27H2,1-8H3,(H,44,52)(H,45,53)(H,46,56);3-7H2,1-2H3,(H2,9,11);2-6H2,1H3;1-2H3/b17-14-;;;. The van der Waals surface area contributed by atoms with Gasteiger partial charge < -0.3 is 46.9 Å². The van der Waals surface area contributed by atoms with Crippen LogP contribution >= 0.6 is 11.3 Å². The highest BCUT2D eigenvalue weighted by atomic mass is 32.1. The van der Waals surface area contributed by atoms with Gasteiger partial charge in [-0.05, 0) is 114 Å². The number of carbonyl (C=O) groups excluding carboxylic acids is 8. The minimum Gasteiger partial charge on any atom is -0.455 e. The number of allylic oxidation sites excluding steroid dienone is 1. The Hall–Kier alpha value is -5.53. The molecule has 0 radical (unpaired) electrons. The number of carbonyl (C=O) groups is 8. The number of aromatic nitrogens is 1. The molecule has 0 saturated heterocycles. The summed E-state index contributed by atoms with van der Waals surface area (Å²) >= 11 is 1.25. The summed E-state index contributed by atoms with van der Waals surface area (Å²) in [6, 6.07) is 6.92. The molecule has 0 bridgehead atoms. The van der Waals surface area contributed by atoms with Crippen LogP contribution in [-0.4, -0.2) is 134 Å². The molecule has 0 saturated carbocycles. The lowest BCUT2D eigenvalue weighted by Gasteiger charge is -2.33. The molecule has 18 nitrogen and oxygen atoms in total. The van der Waals surface area contributed by atoms with E-state index in [-0.39, 0.29) is 72.1 Å². The third kappa shape index (κ3) is 37.8. The Morgan fingerprint density at radius 3 is 1.94 bits per heavy atom. The van der Waals surface area contributed by atoms with Crippen molar-refractivity contribution in [2.75, 3.05) is 59.7 Å². The predicted octanol–water partition coefficient (Wildman–Crippen LogP) is 8.78. The average molecular weight is 1100 g/mol. The largest absolute Gasteiger partial charge is 0.455 e. The molecule has 0 aliphatic carbocycles. The molecule has 7 N–H and O–H groups in total. The van der Waals surface area contributed by atoms with E-state index in [1.54, 1.807) is 36.5 Å². The summed E-state index contributed by atoms with van der Waals surface area (Å²) in [4.78, 5) is 106. The van der Waals surface area contributed by atoms with Gasteiger partial charge in [0.05, 0.1) is 6.54 Å². The first-order valence-corrected chi connectivity index (χ1v) is 28.8. The summed E-state index contributed by atoms with van der Waals surface area (Å²) in [5.41, 5.74) is 12.0. The van der Waals surface area contributed by atoms with Gasteiger partial charge in [0, 0.05) is 82.5 Å². The van der Waals surface area contributed by atoms with Crippen LogP contribution in [0.1, 0.15) is 192 Å². The molecule has 1 aromatic heterocycles. The smallest absolute Gasteiger partial charge is 0.303 e. The van der Waals surface area contributed by atoms with E-state index in [9.17, 15) is 38.4 Å². The van der Waals surface area contributed by atoms with Crippen molar-refractivity contribution < 1.29 is 43.1 Å². The molecule has 2 aromatic rings. The van der Waals surface area contributed by atoms with Crippen molar-refractivity contribution in [1.82, 2.24) is 30.3 Å². The topological polar surface area (TPSA) is 257 Å². The third-order valence-corrected chi connectivity index (χ3v) is 12.8. The van der Waals surface area contributed by atoms with Crippen LogP contribution in [0.25, 0.3) is 0 Å². The maximum Gasteiger partial charge on any atom is 0.303 e. The number of likely N-dealkylation sites (N-methyl/N-ethyl adjacent to an activating group) is 1. The maximum atomic E-state index is 13.5. The molecule has 0 aliphatic rings. The van der Waals surface area contributed by atoms with Crippen molar-refractivity contribution in [3.63, 3.8) is 0 Å². The number of aldehydes is 1. The van der Waals surface area contributed by atoms with Crippen LogP contribution in [-0.2, 0) is 44.7 Å². The van der Waals surface area contributed by atoms with E-state index in [1.165, 1.54) is 48.5 Å². The highest BCUT2D eigenvalue weighted by molar-refractivity contribution is 7.09. The van der Waals surface area contributed by atoms with Crippen LogP contribution in [0, 0.1) is 11.8 Å². The predicted molar refractivity (Wildman–Crippen MR) is 312 cm³/mol. The van der Waals surface area contributed by atoms with Crippen molar-refractivity contribution in [2.24, 2.45) is 23.3 Å². The van der Waals surface area contributed by atoms with Crippen LogP contribution in [0.3, 0.4) is 0 Å². The number of amides is 6. The minimum atomic E-state index is -0.715. The van der Waals surface area contributed by atoms with Gasteiger partial charge in [0.15, 0.2) is 6.10 Å². The average Bonchev–Trinajstić information content (AvgIpc) is 3.88. The second kappa shape index (κ2) is 45.5. The van der Waals surface area contributed by atoms with E-state index in [4.69, 9.17) is 16.2 Å². The molecule has 2 rings (SSSR count). The van der Waals surface area contributed by atoms with Gasteiger partial charge in [0.1, 0.15) is 17.0 Å². The van der Waals surface area contributed by atoms with Gasteiger partial charge in [-0.15, -0.1) is 11.3 Å². The second-order valence-corrected chi connectivity index (χ2v) is 20.9. The number of hydrogen-bond acceptors (Lipinski definition) is 13. The Bertz CT molecular complexity index is 1990. The zero-order chi connectivity index (χ0) is 58.7. The van der Waals surface area contributed by atoms with E-state index in [0.29, 0.717) is 74.4 Å². The summed E-state index contributed by atoms with van der Waals surface area (Å²) in [6.07, 6.45) is 15.8. The molecule has 6 amide bonds. The normalized spacial score (nSPS) is 11.9. The van der Waals surface area contributed by atoms with Gasteiger partial charge in [0.2, 0.25) is 29.5 Å². The highest BCUT2D eigenvalue weighted by Gasteiger charge is 2.31. The minimum absolute atomic E-state index is 0.0431. The molecule has 1 heterocycles. The zero-order valence-electron chi connectivity index (χ0n) is 49.4. The molecule has 0 spiro atoms. The van der Waals surface area contributed by atoms with E-state index in [0.717, 1.165) is 63.3 Å². The Morgan fingerprint density at radius 2 is 1.40 bits per heavy atom. The van der Waals surface area contributed by atoms with Crippen molar-refractivity contribution in [3.05, 3.63) is 58.1 Å².